The lowest BCUT2D eigenvalue weighted by Crippen LogP contribution is -2.56. The third-order valence-electron chi connectivity index (χ3n) is 4.97. The molecular weight excluding hydrogens is 392 g/mol. The molecular formula is C16H26N4O5S2. The number of hydrogen-bond acceptors (Lipinski definition) is 7. The van der Waals surface area contributed by atoms with E-state index in [4.69, 9.17) is 10.8 Å². The molecule has 0 bridgehead atoms. The van der Waals surface area contributed by atoms with E-state index < -0.39 is 36.0 Å². The van der Waals surface area contributed by atoms with E-state index >= 15 is 0 Å². The van der Waals surface area contributed by atoms with Crippen molar-refractivity contribution < 1.29 is 24.3 Å². The molecule has 0 aliphatic carbocycles. The molecule has 0 saturated carbocycles. The predicted octanol–water partition coefficient (Wildman–Crippen LogP) is -1.28. The highest BCUT2D eigenvalue weighted by Crippen LogP contribution is 2.25. The Kier molecular flexibility index (Phi) is 7.80. The number of hydrogen-bond donors (Lipinski definition) is 5. The van der Waals surface area contributed by atoms with Crippen LogP contribution in [0.5, 0.6) is 0 Å². The number of nitrogens with one attached hydrogen (secondary N) is 1. The molecule has 27 heavy (non-hydrogen) atoms. The van der Waals surface area contributed by atoms with E-state index in [1.54, 1.807) is 0 Å². The average molecular weight is 419 g/mol. The fraction of sp³-hybridized carbons (Fsp3) is 0.750. The molecule has 0 aromatic heterocycles. The molecule has 9 nitrogen and oxygen atoms in total. The highest BCUT2D eigenvalue weighted by molar-refractivity contribution is 7.80. The molecule has 3 amide bonds. The third-order valence-corrected chi connectivity index (χ3v) is 5.73. The van der Waals surface area contributed by atoms with Crippen LogP contribution < -0.4 is 11.1 Å². The van der Waals surface area contributed by atoms with Gasteiger partial charge in [0.2, 0.25) is 17.7 Å². The first-order chi connectivity index (χ1) is 12.8. The summed E-state index contributed by atoms with van der Waals surface area (Å²) in [6.07, 6.45) is 2.29. The molecule has 2 saturated heterocycles. The standard InChI is InChI=1S/C16H26N4O5S2/c17-9(7-26)14(22)20-6-2-4-12(20)15(23)19-5-1-3-11(19)13(21)18-10(8-27)16(24)25/h9-12,26-27H,1-8,17H2,(H,18,21)(H,24,25)/t9-,10-,11-,12-/m0/s1. The maximum atomic E-state index is 13.0. The zero-order valence-electron chi connectivity index (χ0n) is 14.9. The first kappa shape index (κ1) is 21.8. The maximum absolute atomic E-state index is 13.0. The third kappa shape index (κ3) is 4.88. The minimum atomic E-state index is -1.18. The molecule has 11 heteroatoms. The Hall–Kier alpha value is -1.46. The van der Waals surface area contributed by atoms with Crippen LogP contribution in [0.4, 0.5) is 0 Å². The number of nitrogens with zero attached hydrogens (tertiary/aromatic N) is 2. The summed E-state index contributed by atoms with van der Waals surface area (Å²) in [7, 11) is 0. The molecule has 0 unspecified atom stereocenters. The smallest absolute Gasteiger partial charge is 0.327 e. The molecule has 2 rings (SSSR count). The molecule has 2 fully saturated rings. The van der Waals surface area contributed by atoms with E-state index in [-0.39, 0.29) is 23.3 Å². The second-order valence-electron chi connectivity index (χ2n) is 6.75. The lowest BCUT2D eigenvalue weighted by molar-refractivity contribution is -0.147. The van der Waals surface area contributed by atoms with Gasteiger partial charge in [0, 0.05) is 24.6 Å². The molecule has 0 aromatic rings. The molecule has 2 heterocycles. The van der Waals surface area contributed by atoms with Crippen molar-refractivity contribution in [1.82, 2.24) is 15.1 Å². The van der Waals surface area contributed by atoms with Crippen molar-refractivity contribution in [3.05, 3.63) is 0 Å². The van der Waals surface area contributed by atoms with Gasteiger partial charge in [0.15, 0.2) is 0 Å². The van der Waals surface area contributed by atoms with Crippen LogP contribution in [0.2, 0.25) is 0 Å². The van der Waals surface area contributed by atoms with E-state index in [1.807, 2.05) is 0 Å². The summed E-state index contributed by atoms with van der Waals surface area (Å²) in [5.41, 5.74) is 5.77. The van der Waals surface area contributed by atoms with Gasteiger partial charge in [-0.05, 0) is 25.7 Å². The molecule has 2 aliphatic rings. The van der Waals surface area contributed by atoms with Crippen LogP contribution in [-0.2, 0) is 19.2 Å². The summed E-state index contributed by atoms with van der Waals surface area (Å²) in [6, 6.07) is -3.27. The number of carbonyl (C=O) groups is 4. The molecule has 0 radical (unpaired) electrons. The van der Waals surface area contributed by atoms with Crippen LogP contribution in [0, 0.1) is 0 Å². The SMILES string of the molecule is N[C@@H](CS)C(=O)N1CCC[C@H]1C(=O)N1CCC[C@H]1C(=O)N[C@@H](CS)C(=O)O. The molecule has 0 spiro atoms. The predicted molar refractivity (Wildman–Crippen MR) is 105 cm³/mol. The van der Waals surface area contributed by atoms with Gasteiger partial charge in [0.1, 0.15) is 18.1 Å². The van der Waals surface area contributed by atoms with Crippen molar-refractivity contribution in [3.8, 4) is 0 Å². The highest BCUT2D eigenvalue weighted by Gasteiger charge is 2.43. The van der Waals surface area contributed by atoms with Crippen LogP contribution in [0.15, 0.2) is 0 Å². The normalized spacial score (nSPS) is 24.6. The van der Waals surface area contributed by atoms with E-state index in [0.717, 1.165) is 0 Å². The van der Waals surface area contributed by atoms with Crippen LogP contribution in [0.1, 0.15) is 25.7 Å². The molecule has 0 aromatic carbocycles. The maximum Gasteiger partial charge on any atom is 0.327 e. The molecule has 2 aliphatic heterocycles. The van der Waals surface area contributed by atoms with Crippen molar-refractivity contribution in [1.29, 1.82) is 0 Å². The van der Waals surface area contributed by atoms with Crippen molar-refractivity contribution in [2.75, 3.05) is 24.6 Å². The zero-order valence-corrected chi connectivity index (χ0v) is 16.7. The monoisotopic (exact) mass is 418 g/mol. The largest absolute Gasteiger partial charge is 0.480 e. The number of carboxylic acids is 1. The van der Waals surface area contributed by atoms with E-state index in [1.165, 1.54) is 9.80 Å². The second kappa shape index (κ2) is 9.65. The molecule has 4 atom stereocenters. The Bertz CT molecular complexity index is 605. The van der Waals surface area contributed by atoms with Gasteiger partial charge in [0.05, 0.1) is 6.04 Å². The summed E-state index contributed by atoms with van der Waals surface area (Å²) in [4.78, 5) is 52.0. The Morgan fingerprint density at radius 1 is 1.04 bits per heavy atom. The van der Waals surface area contributed by atoms with Crippen LogP contribution in [0.3, 0.4) is 0 Å². The zero-order chi connectivity index (χ0) is 20.1. The summed E-state index contributed by atoms with van der Waals surface area (Å²) in [5, 5.41) is 11.5. The van der Waals surface area contributed by atoms with E-state index in [2.05, 4.69) is 30.6 Å². The summed E-state index contributed by atoms with van der Waals surface area (Å²) < 4.78 is 0. The van der Waals surface area contributed by atoms with Gasteiger partial charge in [-0.15, -0.1) is 0 Å². The van der Waals surface area contributed by atoms with Crippen molar-refractivity contribution in [3.63, 3.8) is 0 Å². The molecule has 4 N–H and O–H groups in total. The van der Waals surface area contributed by atoms with Gasteiger partial charge < -0.3 is 26.0 Å². The number of likely N-dealkylation sites (tertiary alicyclic amines) is 2. The van der Waals surface area contributed by atoms with Gasteiger partial charge in [-0.25, -0.2) is 4.79 Å². The van der Waals surface area contributed by atoms with Crippen molar-refractivity contribution in [2.45, 2.75) is 49.9 Å². The first-order valence-electron chi connectivity index (χ1n) is 8.93. The lowest BCUT2D eigenvalue weighted by atomic mass is 10.1. The quantitative estimate of drug-likeness (QED) is 0.327. The number of carbonyl (C=O) groups excluding carboxylic acids is 3. The topological polar surface area (TPSA) is 133 Å². The fourth-order valence-electron chi connectivity index (χ4n) is 3.53. The number of carboxylic acid groups (broad SMARTS) is 1. The van der Waals surface area contributed by atoms with Crippen LogP contribution >= 0.6 is 25.3 Å². The highest BCUT2D eigenvalue weighted by atomic mass is 32.1. The van der Waals surface area contributed by atoms with Gasteiger partial charge in [-0.2, -0.15) is 25.3 Å². The Balaban J connectivity index is 2.09. The number of amides is 3. The van der Waals surface area contributed by atoms with E-state index in [9.17, 15) is 19.2 Å². The van der Waals surface area contributed by atoms with E-state index in [0.29, 0.717) is 38.8 Å². The second-order valence-corrected chi connectivity index (χ2v) is 7.48. The number of thiol groups is 2. The minimum absolute atomic E-state index is 0.0474. The number of rotatable bonds is 7. The first-order valence-corrected chi connectivity index (χ1v) is 10.2. The van der Waals surface area contributed by atoms with Crippen molar-refractivity contribution in [2.24, 2.45) is 5.73 Å². The lowest BCUT2D eigenvalue weighted by Gasteiger charge is -2.32. The summed E-state index contributed by atoms with van der Waals surface area (Å²) in [5.74, 6) is -2.16. The van der Waals surface area contributed by atoms with Crippen molar-refractivity contribution >= 4 is 48.9 Å². The summed E-state index contributed by atoms with van der Waals surface area (Å²) in [6.45, 7) is 0.842. The Labute approximate surface area is 168 Å². The van der Waals surface area contributed by atoms with Gasteiger partial charge >= 0.3 is 5.97 Å². The van der Waals surface area contributed by atoms with Gasteiger partial charge in [-0.1, -0.05) is 0 Å². The Morgan fingerprint density at radius 2 is 1.63 bits per heavy atom. The summed E-state index contributed by atoms with van der Waals surface area (Å²) >= 11 is 7.97. The number of aliphatic carboxylic acids is 1. The van der Waals surface area contributed by atoms with Crippen LogP contribution in [0.25, 0.3) is 0 Å². The minimum Gasteiger partial charge on any atom is -0.480 e. The Morgan fingerprint density at radius 3 is 2.19 bits per heavy atom. The average Bonchev–Trinajstić information content (AvgIpc) is 3.33. The van der Waals surface area contributed by atoms with Crippen LogP contribution in [-0.4, -0.2) is 87.4 Å². The molecule has 152 valence electrons. The van der Waals surface area contributed by atoms with Gasteiger partial charge in [0.25, 0.3) is 0 Å². The fourth-order valence-corrected chi connectivity index (χ4v) is 3.93. The number of nitrogens with two attached hydrogens (primary N) is 1. The van der Waals surface area contributed by atoms with Gasteiger partial charge in [-0.3, -0.25) is 14.4 Å².